The van der Waals surface area contributed by atoms with Crippen molar-refractivity contribution >= 4 is 50.7 Å². The average Bonchev–Trinajstić information content (AvgIpc) is 3.16. The molecule has 0 atom stereocenters. The molecule has 0 saturated heterocycles. The van der Waals surface area contributed by atoms with E-state index in [1.165, 1.54) is 0 Å². The number of aryl methyl sites for hydroxylation is 1. The van der Waals surface area contributed by atoms with Gasteiger partial charge in [0.1, 0.15) is 0 Å². The molecular formula is C22H18BrN3O4. The lowest BCUT2D eigenvalue weighted by Crippen LogP contribution is -2.19. The minimum atomic E-state index is -0.352. The first-order valence-electron chi connectivity index (χ1n) is 9.34. The number of benzene rings is 2. The highest BCUT2D eigenvalue weighted by Crippen LogP contribution is 2.25. The molecule has 152 valence electrons. The lowest BCUT2D eigenvalue weighted by atomic mass is 10.0. The molecule has 1 aromatic heterocycles. The number of carbonyl (C=O) groups is 3. The number of furan rings is 1. The van der Waals surface area contributed by atoms with Gasteiger partial charge in [0.15, 0.2) is 10.4 Å². The molecule has 2 heterocycles. The van der Waals surface area contributed by atoms with Crippen LogP contribution < -0.4 is 16.0 Å². The summed E-state index contributed by atoms with van der Waals surface area (Å²) >= 11 is 3.16. The monoisotopic (exact) mass is 467 g/mol. The van der Waals surface area contributed by atoms with Gasteiger partial charge in [-0.2, -0.15) is 0 Å². The lowest BCUT2D eigenvalue weighted by molar-refractivity contribution is -0.117. The van der Waals surface area contributed by atoms with Gasteiger partial charge >= 0.3 is 0 Å². The zero-order valence-electron chi connectivity index (χ0n) is 15.8. The van der Waals surface area contributed by atoms with Crippen LogP contribution in [0, 0.1) is 0 Å². The summed E-state index contributed by atoms with van der Waals surface area (Å²) in [6.45, 7) is 0. The molecule has 7 nitrogen and oxygen atoms in total. The predicted octanol–water partition coefficient (Wildman–Crippen LogP) is 4.36. The van der Waals surface area contributed by atoms with Crippen molar-refractivity contribution in [3.8, 4) is 0 Å². The smallest absolute Gasteiger partial charge is 0.291 e. The van der Waals surface area contributed by atoms with E-state index in [2.05, 4.69) is 31.9 Å². The van der Waals surface area contributed by atoms with Crippen molar-refractivity contribution in [1.82, 2.24) is 0 Å². The SMILES string of the molecule is O=C(Cc1ccc(NC(=O)c2ccc(Br)o2)cc1)Nc1ccc2c(c1)CCC(=O)N2. The highest BCUT2D eigenvalue weighted by molar-refractivity contribution is 9.10. The molecule has 3 amide bonds. The lowest BCUT2D eigenvalue weighted by Gasteiger charge is -2.17. The van der Waals surface area contributed by atoms with Gasteiger partial charge in [-0.05, 0) is 75.9 Å². The van der Waals surface area contributed by atoms with Gasteiger partial charge in [-0.15, -0.1) is 0 Å². The largest absolute Gasteiger partial charge is 0.444 e. The van der Waals surface area contributed by atoms with E-state index in [1.807, 2.05) is 6.07 Å². The van der Waals surface area contributed by atoms with Gasteiger partial charge in [-0.3, -0.25) is 14.4 Å². The Morgan fingerprint density at radius 3 is 2.47 bits per heavy atom. The van der Waals surface area contributed by atoms with Crippen LogP contribution in [0.1, 0.15) is 28.1 Å². The van der Waals surface area contributed by atoms with Crippen LogP contribution in [-0.2, 0) is 22.4 Å². The van der Waals surface area contributed by atoms with Crippen LogP contribution in [0.15, 0.2) is 63.7 Å². The molecule has 3 N–H and O–H groups in total. The molecular weight excluding hydrogens is 450 g/mol. The van der Waals surface area contributed by atoms with Crippen molar-refractivity contribution in [2.24, 2.45) is 0 Å². The van der Waals surface area contributed by atoms with Gasteiger partial charge in [0, 0.05) is 23.5 Å². The van der Waals surface area contributed by atoms with Crippen molar-refractivity contribution in [2.75, 3.05) is 16.0 Å². The first-order valence-corrected chi connectivity index (χ1v) is 10.1. The van der Waals surface area contributed by atoms with Crippen molar-refractivity contribution in [2.45, 2.75) is 19.3 Å². The van der Waals surface area contributed by atoms with Crippen LogP contribution in [0.5, 0.6) is 0 Å². The molecule has 0 bridgehead atoms. The summed E-state index contributed by atoms with van der Waals surface area (Å²) in [6.07, 6.45) is 1.31. The third-order valence-electron chi connectivity index (χ3n) is 4.66. The third-order valence-corrected chi connectivity index (χ3v) is 5.08. The number of amides is 3. The van der Waals surface area contributed by atoms with E-state index >= 15 is 0 Å². The van der Waals surface area contributed by atoms with Crippen LogP contribution in [0.25, 0.3) is 0 Å². The Bertz CT molecular complexity index is 1120. The van der Waals surface area contributed by atoms with Crippen LogP contribution in [0.3, 0.4) is 0 Å². The number of anilines is 3. The quantitative estimate of drug-likeness (QED) is 0.518. The fourth-order valence-corrected chi connectivity index (χ4v) is 3.49. The van der Waals surface area contributed by atoms with E-state index in [4.69, 9.17) is 4.42 Å². The second-order valence-electron chi connectivity index (χ2n) is 6.90. The molecule has 4 rings (SSSR count). The minimum absolute atomic E-state index is 0.0101. The molecule has 1 aliphatic rings. The maximum atomic E-state index is 12.4. The van der Waals surface area contributed by atoms with E-state index < -0.39 is 0 Å². The summed E-state index contributed by atoms with van der Waals surface area (Å²) in [4.78, 5) is 35.9. The predicted molar refractivity (Wildman–Crippen MR) is 117 cm³/mol. The Kier molecular flexibility index (Phi) is 5.67. The number of hydrogen-bond acceptors (Lipinski definition) is 4. The second kappa shape index (κ2) is 8.54. The highest BCUT2D eigenvalue weighted by Gasteiger charge is 2.15. The first kappa shape index (κ1) is 19.9. The van der Waals surface area contributed by atoms with Crippen molar-refractivity contribution < 1.29 is 18.8 Å². The van der Waals surface area contributed by atoms with Crippen LogP contribution in [0.4, 0.5) is 17.1 Å². The molecule has 30 heavy (non-hydrogen) atoms. The van der Waals surface area contributed by atoms with Crippen LogP contribution in [-0.4, -0.2) is 17.7 Å². The zero-order valence-corrected chi connectivity index (χ0v) is 17.4. The number of fused-ring (bicyclic) bond motifs is 1. The summed E-state index contributed by atoms with van der Waals surface area (Å²) in [5, 5.41) is 8.44. The Morgan fingerprint density at radius 2 is 1.73 bits per heavy atom. The highest BCUT2D eigenvalue weighted by atomic mass is 79.9. The van der Waals surface area contributed by atoms with Gasteiger partial charge < -0.3 is 20.4 Å². The van der Waals surface area contributed by atoms with Crippen molar-refractivity contribution in [3.63, 3.8) is 0 Å². The van der Waals surface area contributed by atoms with Crippen molar-refractivity contribution in [1.29, 1.82) is 0 Å². The maximum Gasteiger partial charge on any atom is 0.291 e. The number of nitrogens with one attached hydrogen (secondary N) is 3. The normalized spacial score (nSPS) is 12.6. The summed E-state index contributed by atoms with van der Waals surface area (Å²) in [5.74, 6) is -0.285. The molecule has 0 radical (unpaired) electrons. The Hall–Kier alpha value is -3.39. The van der Waals surface area contributed by atoms with E-state index in [-0.39, 0.29) is 29.9 Å². The number of rotatable bonds is 5. The molecule has 0 spiro atoms. The van der Waals surface area contributed by atoms with Gasteiger partial charge in [0.25, 0.3) is 5.91 Å². The fraction of sp³-hybridized carbons (Fsp3) is 0.136. The molecule has 0 aliphatic carbocycles. The Balaban J connectivity index is 1.33. The standard InChI is InChI=1S/C22H18BrN3O4/c23-19-9-8-18(30-19)22(29)25-15-4-1-13(2-5-15)11-21(28)24-16-6-7-17-14(12-16)3-10-20(27)26-17/h1-2,4-9,12H,3,10-11H2,(H,24,28)(H,25,29)(H,26,27). The fourth-order valence-electron chi connectivity index (χ4n) is 3.19. The first-order chi connectivity index (χ1) is 14.5. The molecule has 2 aromatic carbocycles. The number of halogens is 1. The van der Waals surface area contributed by atoms with Gasteiger partial charge in [-0.25, -0.2) is 0 Å². The number of carbonyl (C=O) groups excluding carboxylic acids is 3. The van der Waals surface area contributed by atoms with E-state index in [9.17, 15) is 14.4 Å². The Labute approximate surface area is 181 Å². The van der Waals surface area contributed by atoms with E-state index in [0.717, 1.165) is 16.8 Å². The second-order valence-corrected chi connectivity index (χ2v) is 7.68. The van der Waals surface area contributed by atoms with Crippen LogP contribution in [0.2, 0.25) is 0 Å². The third kappa shape index (κ3) is 4.77. The molecule has 0 fully saturated rings. The van der Waals surface area contributed by atoms with Crippen molar-refractivity contribution in [3.05, 3.63) is 76.2 Å². The number of hydrogen-bond donors (Lipinski definition) is 3. The summed E-state index contributed by atoms with van der Waals surface area (Å²) in [7, 11) is 0. The van der Waals surface area contributed by atoms with E-state index in [1.54, 1.807) is 48.5 Å². The van der Waals surface area contributed by atoms with E-state index in [0.29, 0.717) is 28.9 Å². The zero-order chi connectivity index (χ0) is 21.1. The summed E-state index contributed by atoms with van der Waals surface area (Å²) < 4.78 is 5.71. The van der Waals surface area contributed by atoms with Gasteiger partial charge in [-0.1, -0.05) is 12.1 Å². The molecule has 0 saturated carbocycles. The van der Waals surface area contributed by atoms with Gasteiger partial charge in [0.05, 0.1) is 6.42 Å². The average molecular weight is 468 g/mol. The molecule has 0 unspecified atom stereocenters. The maximum absolute atomic E-state index is 12.4. The minimum Gasteiger partial charge on any atom is -0.444 e. The summed E-state index contributed by atoms with van der Waals surface area (Å²) in [5.41, 5.74) is 3.92. The van der Waals surface area contributed by atoms with Crippen LogP contribution >= 0.6 is 15.9 Å². The Morgan fingerprint density at radius 1 is 0.967 bits per heavy atom. The topological polar surface area (TPSA) is 100 Å². The summed E-state index contributed by atoms with van der Waals surface area (Å²) in [6, 6.07) is 15.7. The molecule has 1 aliphatic heterocycles. The molecule has 8 heteroatoms. The van der Waals surface area contributed by atoms with Gasteiger partial charge in [0.2, 0.25) is 11.8 Å². The molecule has 3 aromatic rings.